The Labute approximate surface area is 175 Å². The van der Waals surface area contributed by atoms with Crippen molar-refractivity contribution >= 4 is 11.7 Å². The van der Waals surface area contributed by atoms with Gasteiger partial charge in [-0.05, 0) is 54.7 Å². The second-order valence-electron chi connectivity index (χ2n) is 8.04. The van der Waals surface area contributed by atoms with E-state index in [2.05, 4.69) is 0 Å². The smallest absolute Gasteiger partial charge is 0.223 e. The second kappa shape index (κ2) is 8.86. The summed E-state index contributed by atoms with van der Waals surface area (Å²) >= 11 is 0. The second-order valence-corrected chi connectivity index (χ2v) is 8.04. The van der Waals surface area contributed by atoms with Gasteiger partial charge in [-0.15, -0.1) is 0 Å². The zero-order chi connectivity index (χ0) is 21.1. The van der Waals surface area contributed by atoms with Crippen LogP contribution in [0.1, 0.15) is 48.0 Å². The fourth-order valence-electron chi connectivity index (χ4n) is 4.15. The molecule has 158 valence electrons. The van der Waals surface area contributed by atoms with Gasteiger partial charge in [-0.25, -0.2) is 4.39 Å². The van der Waals surface area contributed by atoms with Gasteiger partial charge in [-0.1, -0.05) is 19.1 Å². The topological polar surface area (TPSA) is 55.8 Å². The summed E-state index contributed by atoms with van der Waals surface area (Å²) in [4.78, 5) is 27.4. The van der Waals surface area contributed by atoms with Crippen molar-refractivity contribution in [2.75, 3.05) is 26.3 Å². The van der Waals surface area contributed by atoms with Crippen molar-refractivity contribution in [3.63, 3.8) is 0 Å². The van der Waals surface area contributed by atoms with Crippen LogP contribution in [0.5, 0.6) is 11.5 Å². The molecular weight excluding hydrogens is 385 g/mol. The zero-order valence-electron chi connectivity index (χ0n) is 17.1. The molecule has 2 aromatic rings. The molecule has 4 rings (SSSR count). The maximum absolute atomic E-state index is 13.4. The van der Waals surface area contributed by atoms with Crippen molar-refractivity contribution in [2.24, 2.45) is 5.92 Å². The van der Waals surface area contributed by atoms with Crippen LogP contribution in [0.15, 0.2) is 42.5 Å². The zero-order valence-corrected chi connectivity index (χ0v) is 17.1. The third kappa shape index (κ3) is 4.48. The number of Topliss-reactive ketones (excluding diaryl/α,β-unsaturated/α-hetero) is 1. The summed E-state index contributed by atoms with van der Waals surface area (Å²) in [5.41, 5.74) is 1.45. The molecule has 0 radical (unpaired) electrons. The van der Waals surface area contributed by atoms with Gasteiger partial charge >= 0.3 is 0 Å². The largest absolute Gasteiger partial charge is 0.486 e. The molecule has 1 unspecified atom stereocenters. The van der Waals surface area contributed by atoms with E-state index in [0.717, 1.165) is 5.56 Å². The molecule has 1 amide bonds. The highest BCUT2D eigenvalue weighted by molar-refractivity contribution is 5.98. The first kappa shape index (κ1) is 20.4. The predicted octanol–water partition coefficient (Wildman–Crippen LogP) is 4.21. The summed E-state index contributed by atoms with van der Waals surface area (Å²) in [7, 11) is 0. The molecule has 2 aliphatic rings. The first-order valence-electron chi connectivity index (χ1n) is 10.5. The number of carbonyl (C=O) groups excluding carboxylic acids is 2. The molecule has 0 bridgehead atoms. The number of likely N-dealkylation sites (tertiary alicyclic amines) is 1. The maximum atomic E-state index is 13.4. The monoisotopic (exact) mass is 411 g/mol. The first-order valence-corrected chi connectivity index (χ1v) is 10.5. The molecule has 30 heavy (non-hydrogen) atoms. The number of fused-ring (bicyclic) bond motifs is 1. The molecule has 0 N–H and O–H groups in total. The Bertz CT molecular complexity index is 937. The minimum Gasteiger partial charge on any atom is -0.486 e. The van der Waals surface area contributed by atoms with Crippen LogP contribution in [0.4, 0.5) is 4.39 Å². The van der Waals surface area contributed by atoms with Crippen LogP contribution in [-0.2, 0) is 4.79 Å². The highest BCUT2D eigenvalue weighted by Gasteiger charge is 2.29. The van der Waals surface area contributed by atoms with Crippen LogP contribution in [0.25, 0.3) is 0 Å². The van der Waals surface area contributed by atoms with E-state index in [-0.39, 0.29) is 29.3 Å². The lowest BCUT2D eigenvalue weighted by atomic mass is 9.88. The highest BCUT2D eigenvalue weighted by atomic mass is 19.1. The summed E-state index contributed by atoms with van der Waals surface area (Å²) in [6, 6.07) is 11.7. The quantitative estimate of drug-likeness (QED) is 0.692. The van der Waals surface area contributed by atoms with Gasteiger partial charge in [0.2, 0.25) is 5.91 Å². The summed E-state index contributed by atoms with van der Waals surface area (Å²) in [5, 5.41) is 0. The van der Waals surface area contributed by atoms with Crippen molar-refractivity contribution in [1.82, 2.24) is 4.90 Å². The molecule has 1 atom stereocenters. The van der Waals surface area contributed by atoms with E-state index >= 15 is 0 Å². The lowest BCUT2D eigenvalue weighted by Gasteiger charge is -2.32. The fourth-order valence-corrected chi connectivity index (χ4v) is 4.15. The van der Waals surface area contributed by atoms with E-state index in [1.165, 1.54) is 12.1 Å². The van der Waals surface area contributed by atoms with E-state index < -0.39 is 0 Å². The lowest BCUT2D eigenvalue weighted by molar-refractivity contribution is -0.132. The number of hydrogen-bond donors (Lipinski definition) is 0. The molecule has 0 aromatic heterocycles. The van der Waals surface area contributed by atoms with Crippen LogP contribution < -0.4 is 9.47 Å². The summed E-state index contributed by atoms with van der Waals surface area (Å²) < 4.78 is 24.5. The van der Waals surface area contributed by atoms with E-state index in [1.54, 1.807) is 24.3 Å². The molecule has 6 heteroatoms. The van der Waals surface area contributed by atoms with Gasteiger partial charge in [0, 0.05) is 31.0 Å². The summed E-state index contributed by atoms with van der Waals surface area (Å²) in [5.74, 6) is 0.994. The number of ketones is 1. The van der Waals surface area contributed by atoms with Crippen molar-refractivity contribution in [1.29, 1.82) is 0 Å². The first-order chi connectivity index (χ1) is 14.5. The number of hydrogen-bond acceptors (Lipinski definition) is 4. The molecule has 0 spiro atoms. The fraction of sp³-hybridized carbons (Fsp3) is 0.417. The van der Waals surface area contributed by atoms with Crippen molar-refractivity contribution in [3.8, 4) is 11.5 Å². The third-order valence-corrected chi connectivity index (χ3v) is 5.94. The number of amides is 1. The van der Waals surface area contributed by atoms with Crippen molar-refractivity contribution < 1.29 is 23.5 Å². The van der Waals surface area contributed by atoms with Gasteiger partial charge in [-0.2, -0.15) is 0 Å². The van der Waals surface area contributed by atoms with Gasteiger partial charge in [0.05, 0.1) is 0 Å². The van der Waals surface area contributed by atoms with Crippen molar-refractivity contribution in [2.45, 2.75) is 32.1 Å². The minimum absolute atomic E-state index is 0.0507. The Morgan fingerprint density at radius 3 is 2.53 bits per heavy atom. The van der Waals surface area contributed by atoms with Gasteiger partial charge in [-0.3, -0.25) is 9.59 Å². The van der Waals surface area contributed by atoms with Gasteiger partial charge in [0.15, 0.2) is 17.3 Å². The van der Waals surface area contributed by atoms with Crippen LogP contribution in [0, 0.1) is 11.7 Å². The normalized spacial score (nSPS) is 17.5. The number of ether oxygens (including phenoxy) is 2. The van der Waals surface area contributed by atoms with E-state index in [1.807, 2.05) is 17.9 Å². The third-order valence-electron chi connectivity index (χ3n) is 5.94. The van der Waals surface area contributed by atoms with E-state index in [0.29, 0.717) is 62.6 Å². The Morgan fingerprint density at radius 2 is 1.80 bits per heavy atom. The molecule has 1 saturated heterocycles. The SMILES string of the molecule is CC(CC(=O)N1CCC(C(=O)c2ccc3c(c2)OCCO3)CC1)c1cccc(F)c1. The van der Waals surface area contributed by atoms with Crippen LogP contribution >= 0.6 is 0 Å². The molecule has 2 aromatic carbocycles. The number of rotatable bonds is 5. The van der Waals surface area contributed by atoms with Gasteiger partial charge in [0.1, 0.15) is 19.0 Å². The van der Waals surface area contributed by atoms with E-state index in [9.17, 15) is 14.0 Å². The van der Waals surface area contributed by atoms with Crippen LogP contribution in [-0.4, -0.2) is 42.9 Å². The highest BCUT2D eigenvalue weighted by Crippen LogP contribution is 2.33. The van der Waals surface area contributed by atoms with Gasteiger partial charge < -0.3 is 14.4 Å². The lowest BCUT2D eigenvalue weighted by Crippen LogP contribution is -2.40. The average Bonchev–Trinajstić information content (AvgIpc) is 2.78. The molecule has 1 fully saturated rings. The Hall–Kier alpha value is -2.89. The average molecular weight is 411 g/mol. The molecule has 0 saturated carbocycles. The standard InChI is InChI=1S/C24H26FNO4/c1-16(18-3-2-4-20(25)14-18)13-23(27)26-9-7-17(8-10-26)24(28)19-5-6-21-22(15-19)30-12-11-29-21/h2-6,14-17H,7-13H2,1H3. The number of nitrogens with zero attached hydrogens (tertiary/aromatic N) is 1. The predicted molar refractivity (Wildman–Crippen MR) is 110 cm³/mol. The number of halogens is 1. The maximum Gasteiger partial charge on any atom is 0.223 e. The molecule has 2 heterocycles. The van der Waals surface area contributed by atoms with Crippen LogP contribution in [0.3, 0.4) is 0 Å². The Balaban J connectivity index is 1.32. The number of piperidine rings is 1. The number of benzene rings is 2. The van der Waals surface area contributed by atoms with Crippen molar-refractivity contribution in [3.05, 3.63) is 59.4 Å². The molecule has 2 aliphatic heterocycles. The van der Waals surface area contributed by atoms with Crippen LogP contribution in [0.2, 0.25) is 0 Å². The summed E-state index contributed by atoms with van der Waals surface area (Å²) in [6.45, 7) is 4.07. The van der Waals surface area contributed by atoms with Gasteiger partial charge in [0.25, 0.3) is 0 Å². The molecule has 5 nitrogen and oxygen atoms in total. The summed E-state index contributed by atoms with van der Waals surface area (Å²) in [6.07, 6.45) is 1.63. The molecule has 0 aliphatic carbocycles. The van der Waals surface area contributed by atoms with E-state index in [4.69, 9.17) is 9.47 Å². The number of carbonyl (C=O) groups is 2. The Kier molecular flexibility index (Phi) is 6.02. The Morgan fingerprint density at radius 1 is 1.07 bits per heavy atom. The minimum atomic E-state index is -0.287. The molecular formula is C24H26FNO4.